The molecule has 0 aliphatic heterocycles. The maximum atomic E-state index is 12.4. The number of hydrogen-bond acceptors (Lipinski definition) is 3. The number of anilines is 2. The Kier molecular flexibility index (Phi) is 6.64. The molecular formula is C20H23ClN2O3. The molecule has 0 heterocycles. The van der Waals surface area contributed by atoms with Gasteiger partial charge in [0.25, 0.3) is 0 Å². The Hall–Kier alpha value is -2.53. The van der Waals surface area contributed by atoms with E-state index in [4.69, 9.17) is 16.3 Å². The molecule has 0 radical (unpaired) electrons. The number of carbonyl (C=O) groups excluding carboxylic acids is 2. The Bertz CT molecular complexity index is 788. The van der Waals surface area contributed by atoms with Crippen LogP contribution in [0.15, 0.2) is 42.5 Å². The third-order valence-electron chi connectivity index (χ3n) is 3.68. The summed E-state index contributed by atoms with van der Waals surface area (Å²) in [6.07, 6.45) is 0.0662. The Labute approximate surface area is 158 Å². The largest absolute Gasteiger partial charge is 0.491 e. The standard InChI is InChI=1S/C20H23ClN2O3/c1-13(2)26-18-9-7-17(8-10-18)23(15(4)24)12-20(25)22-19-11-16(21)6-5-14(19)3/h5-11,13H,12H2,1-4H3,(H,22,25). The van der Waals surface area contributed by atoms with Gasteiger partial charge in [0.1, 0.15) is 12.3 Å². The van der Waals surface area contributed by atoms with Crippen molar-refractivity contribution in [1.82, 2.24) is 0 Å². The predicted molar refractivity (Wildman–Crippen MR) is 105 cm³/mol. The van der Waals surface area contributed by atoms with Gasteiger partial charge in [-0.05, 0) is 62.7 Å². The SMILES string of the molecule is CC(=O)N(CC(=O)Nc1cc(Cl)ccc1C)c1ccc(OC(C)C)cc1. The van der Waals surface area contributed by atoms with Gasteiger partial charge in [0.2, 0.25) is 11.8 Å². The van der Waals surface area contributed by atoms with E-state index in [9.17, 15) is 9.59 Å². The number of amides is 2. The summed E-state index contributed by atoms with van der Waals surface area (Å²) in [5.74, 6) is 0.194. The first-order chi connectivity index (χ1) is 12.3. The number of benzene rings is 2. The molecule has 0 bridgehead atoms. The number of hydrogen-bond donors (Lipinski definition) is 1. The lowest BCUT2D eigenvalue weighted by molar-refractivity contribution is -0.120. The average molecular weight is 375 g/mol. The lowest BCUT2D eigenvalue weighted by atomic mass is 10.2. The quantitative estimate of drug-likeness (QED) is 0.813. The highest BCUT2D eigenvalue weighted by molar-refractivity contribution is 6.31. The molecule has 0 atom stereocenters. The highest BCUT2D eigenvalue weighted by Gasteiger charge is 2.17. The van der Waals surface area contributed by atoms with Crippen molar-refractivity contribution >= 4 is 34.8 Å². The van der Waals surface area contributed by atoms with Crippen LogP contribution in [0.4, 0.5) is 11.4 Å². The van der Waals surface area contributed by atoms with E-state index in [1.165, 1.54) is 11.8 Å². The maximum Gasteiger partial charge on any atom is 0.244 e. The number of nitrogens with one attached hydrogen (secondary N) is 1. The van der Waals surface area contributed by atoms with E-state index in [1.807, 2.05) is 26.8 Å². The molecule has 2 aromatic rings. The summed E-state index contributed by atoms with van der Waals surface area (Å²) < 4.78 is 5.60. The zero-order valence-corrected chi connectivity index (χ0v) is 16.1. The Morgan fingerprint density at radius 3 is 2.38 bits per heavy atom. The first-order valence-electron chi connectivity index (χ1n) is 8.37. The Morgan fingerprint density at radius 2 is 1.81 bits per heavy atom. The molecule has 5 nitrogen and oxygen atoms in total. The lowest BCUT2D eigenvalue weighted by Crippen LogP contribution is -2.36. The Balaban J connectivity index is 2.11. The molecule has 2 amide bonds. The third kappa shape index (κ3) is 5.49. The van der Waals surface area contributed by atoms with Crippen molar-refractivity contribution in [2.75, 3.05) is 16.8 Å². The van der Waals surface area contributed by atoms with Crippen LogP contribution < -0.4 is 15.0 Å². The van der Waals surface area contributed by atoms with Gasteiger partial charge >= 0.3 is 0 Å². The van der Waals surface area contributed by atoms with Gasteiger partial charge in [0.05, 0.1) is 6.10 Å². The molecule has 0 saturated carbocycles. The molecule has 2 rings (SSSR count). The first kappa shape index (κ1) is 19.8. The number of ether oxygens (including phenoxy) is 1. The highest BCUT2D eigenvalue weighted by Crippen LogP contribution is 2.22. The van der Waals surface area contributed by atoms with Crippen LogP contribution in [0, 0.1) is 6.92 Å². The fourth-order valence-electron chi connectivity index (χ4n) is 2.42. The zero-order valence-electron chi connectivity index (χ0n) is 15.4. The molecule has 0 aliphatic carbocycles. The third-order valence-corrected chi connectivity index (χ3v) is 3.91. The summed E-state index contributed by atoms with van der Waals surface area (Å²) in [6.45, 7) is 7.10. The van der Waals surface area contributed by atoms with Crippen molar-refractivity contribution in [2.24, 2.45) is 0 Å². The highest BCUT2D eigenvalue weighted by atomic mass is 35.5. The van der Waals surface area contributed by atoms with E-state index < -0.39 is 0 Å². The fourth-order valence-corrected chi connectivity index (χ4v) is 2.60. The monoisotopic (exact) mass is 374 g/mol. The van der Waals surface area contributed by atoms with Gasteiger partial charge in [-0.2, -0.15) is 0 Å². The van der Waals surface area contributed by atoms with Gasteiger partial charge in [-0.25, -0.2) is 0 Å². The van der Waals surface area contributed by atoms with Crippen LogP contribution in [0.1, 0.15) is 26.3 Å². The average Bonchev–Trinajstić information content (AvgIpc) is 2.56. The van der Waals surface area contributed by atoms with Crippen LogP contribution >= 0.6 is 11.6 Å². The molecule has 26 heavy (non-hydrogen) atoms. The number of carbonyl (C=O) groups is 2. The first-order valence-corrected chi connectivity index (χ1v) is 8.75. The molecular weight excluding hydrogens is 352 g/mol. The number of nitrogens with zero attached hydrogens (tertiary/aromatic N) is 1. The van der Waals surface area contributed by atoms with Gasteiger partial charge < -0.3 is 15.0 Å². The van der Waals surface area contributed by atoms with Crippen molar-refractivity contribution in [3.8, 4) is 5.75 Å². The number of rotatable bonds is 6. The lowest BCUT2D eigenvalue weighted by Gasteiger charge is -2.21. The second-order valence-corrected chi connectivity index (χ2v) is 6.71. The van der Waals surface area contributed by atoms with Gasteiger partial charge in [-0.15, -0.1) is 0 Å². The summed E-state index contributed by atoms with van der Waals surface area (Å²) in [5.41, 5.74) is 2.16. The minimum atomic E-state index is -0.298. The molecule has 1 N–H and O–H groups in total. The minimum absolute atomic E-state index is 0.0662. The van der Waals surface area contributed by atoms with Crippen molar-refractivity contribution < 1.29 is 14.3 Å². The molecule has 0 aliphatic rings. The predicted octanol–water partition coefficient (Wildman–Crippen LogP) is 4.43. The van der Waals surface area contributed by atoms with Crippen LogP contribution in [0.3, 0.4) is 0 Å². The molecule has 6 heteroatoms. The van der Waals surface area contributed by atoms with Gasteiger partial charge in [0.15, 0.2) is 0 Å². The zero-order chi connectivity index (χ0) is 19.3. The summed E-state index contributed by atoms with van der Waals surface area (Å²) >= 11 is 5.98. The van der Waals surface area contributed by atoms with E-state index >= 15 is 0 Å². The molecule has 2 aromatic carbocycles. The summed E-state index contributed by atoms with van der Waals surface area (Å²) in [6, 6.07) is 12.4. The molecule has 138 valence electrons. The molecule has 0 saturated heterocycles. The van der Waals surface area contributed by atoms with Crippen LogP contribution in [-0.2, 0) is 9.59 Å². The van der Waals surface area contributed by atoms with E-state index in [1.54, 1.807) is 36.4 Å². The summed E-state index contributed by atoms with van der Waals surface area (Å²) in [7, 11) is 0. The summed E-state index contributed by atoms with van der Waals surface area (Å²) in [5, 5.41) is 3.34. The van der Waals surface area contributed by atoms with Gasteiger partial charge in [-0.3, -0.25) is 9.59 Å². The van der Waals surface area contributed by atoms with Crippen molar-refractivity contribution in [1.29, 1.82) is 0 Å². The van der Waals surface area contributed by atoms with E-state index in [0.717, 1.165) is 5.56 Å². The molecule has 0 unspecified atom stereocenters. The van der Waals surface area contributed by atoms with E-state index in [2.05, 4.69) is 5.32 Å². The van der Waals surface area contributed by atoms with Gasteiger partial charge in [0, 0.05) is 23.3 Å². The van der Waals surface area contributed by atoms with Crippen LogP contribution in [-0.4, -0.2) is 24.5 Å². The van der Waals surface area contributed by atoms with Crippen molar-refractivity contribution in [2.45, 2.75) is 33.8 Å². The molecule has 0 aromatic heterocycles. The normalized spacial score (nSPS) is 10.5. The Morgan fingerprint density at radius 1 is 1.15 bits per heavy atom. The van der Waals surface area contributed by atoms with Crippen molar-refractivity contribution in [3.63, 3.8) is 0 Å². The number of aryl methyl sites for hydroxylation is 1. The number of halogens is 1. The molecule has 0 fully saturated rings. The smallest absolute Gasteiger partial charge is 0.244 e. The van der Waals surface area contributed by atoms with E-state index in [-0.39, 0.29) is 24.5 Å². The second-order valence-electron chi connectivity index (χ2n) is 6.27. The summed E-state index contributed by atoms with van der Waals surface area (Å²) in [4.78, 5) is 25.8. The van der Waals surface area contributed by atoms with Crippen LogP contribution in [0.25, 0.3) is 0 Å². The second kappa shape index (κ2) is 8.72. The van der Waals surface area contributed by atoms with Crippen LogP contribution in [0.2, 0.25) is 5.02 Å². The van der Waals surface area contributed by atoms with Gasteiger partial charge in [-0.1, -0.05) is 17.7 Å². The van der Waals surface area contributed by atoms with Crippen molar-refractivity contribution in [3.05, 3.63) is 53.1 Å². The van der Waals surface area contributed by atoms with E-state index in [0.29, 0.717) is 22.1 Å². The molecule has 0 spiro atoms. The fraction of sp³-hybridized carbons (Fsp3) is 0.300. The minimum Gasteiger partial charge on any atom is -0.491 e. The maximum absolute atomic E-state index is 12.4. The topological polar surface area (TPSA) is 58.6 Å². The van der Waals surface area contributed by atoms with Crippen LogP contribution in [0.5, 0.6) is 5.75 Å².